The first-order chi connectivity index (χ1) is 6.63. The van der Waals surface area contributed by atoms with Crippen LogP contribution >= 0.6 is 0 Å². The Labute approximate surface area is 82.9 Å². The maximum absolute atomic E-state index is 10.7. The second kappa shape index (κ2) is 4.43. The van der Waals surface area contributed by atoms with Crippen molar-refractivity contribution >= 4 is 5.97 Å². The minimum absolute atomic E-state index is 0.446. The molecule has 0 aliphatic rings. The maximum Gasteiger partial charge on any atom is 0.304 e. The molecule has 3 heteroatoms. The summed E-state index contributed by atoms with van der Waals surface area (Å²) in [6.07, 6.45) is -0.799. The lowest BCUT2D eigenvalue weighted by Gasteiger charge is -2.09. The molecule has 0 unspecified atom stereocenters. The number of rotatable bonds is 2. The van der Waals surface area contributed by atoms with Crippen LogP contribution in [0.3, 0.4) is 0 Å². The van der Waals surface area contributed by atoms with Gasteiger partial charge in [-0.2, -0.15) is 5.26 Å². The van der Waals surface area contributed by atoms with Crippen LogP contribution in [0, 0.1) is 18.3 Å². The monoisotopic (exact) mass is 189 g/mol. The number of carbonyl (C=O) groups excluding carboxylic acids is 1. The lowest BCUT2D eigenvalue weighted by molar-refractivity contribution is -0.144. The molecule has 1 aromatic carbocycles. The van der Waals surface area contributed by atoms with Crippen LogP contribution in [0.5, 0.6) is 0 Å². The molecule has 0 heterocycles. The molecule has 0 bridgehead atoms. The van der Waals surface area contributed by atoms with Crippen molar-refractivity contribution in [3.05, 3.63) is 35.4 Å². The molecule has 0 fully saturated rings. The molecule has 0 spiro atoms. The van der Waals surface area contributed by atoms with E-state index >= 15 is 0 Å². The number of aryl methyl sites for hydroxylation is 1. The van der Waals surface area contributed by atoms with Crippen molar-refractivity contribution in [2.75, 3.05) is 0 Å². The topological polar surface area (TPSA) is 50.1 Å². The normalized spacial score (nSPS) is 11.5. The van der Waals surface area contributed by atoms with Gasteiger partial charge in [-0.1, -0.05) is 29.8 Å². The first-order valence-electron chi connectivity index (χ1n) is 4.27. The van der Waals surface area contributed by atoms with E-state index in [9.17, 15) is 4.79 Å². The summed E-state index contributed by atoms with van der Waals surface area (Å²) in [4.78, 5) is 10.7. The van der Waals surface area contributed by atoms with E-state index in [1.54, 1.807) is 6.07 Å². The average molecular weight is 189 g/mol. The molecule has 1 atom stereocenters. The molecule has 1 aromatic rings. The van der Waals surface area contributed by atoms with Crippen molar-refractivity contribution < 1.29 is 9.53 Å². The lowest BCUT2D eigenvalue weighted by Crippen LogP contribution is -2.06. The van der Waals surface area contributed by atoms with Gasteiger partial charge in [-0.05, 0) is 6.92 Å². The summed E-state index contributed by atoms with van der Waals surface area (Å²) in [5, 5.41) is 8.79. The highest BCUT2D eigenvalue weighted by atomic mass is 16.5. The summed E-state index contributed by atoms with van der Waals surface area (Å²) in [5.74, 6) is -0.446. The fraction of sp³-hybridized carbons (Fsp3) is 0.273. The number of ether oxygens (including phenoxy) is 1. The van der Waals surface area contributed by atoms with Crippen LogP contribution < -0.4 is 0 Å². The zero-order chi connectivity index (χ0) is 10.6. The van der Waals surface area contributed by atoms with Crippen LogP contribution in [0.15, 0.2) is 24.3 Å². The summed E-state index contributed by atoms with van der Waals surface area (Å²) in [6.45, 7) is 3.21. The SMILES string of the molecule is CC(=O)O[C@H](C#N)c1cccc(C)c1. The Morgan fingerprint density at radius 2 is 2.29 bits per heavy atom. The highest BCUT2D eigenvalue weighted by Gasteiger charge is 2.12. The zero-order valence-corrected chi connectivity index (χ0v) is 8.15. The second-order valence-electron chi connectivity index (χ2n) is 3.03. The first kappa shape index (κ1) is 10.3. The molecular weight excluding hydrogens is 178 g/mol. The van der Waals surface area contributed by atoms with Crippen LogP contribution in [0.2, 0.25) is 0 Å². The molecule has 3 nitrogen and oxygen atoms in total. The fourth-order valence-corrected chi connectivity index (χ4v) is 1.17. The minimum Gasteiger partial charge on any atom is -0.442 e. The van der Waals surface area contributed by atoms with Gasteiger partial charge in [0.25, 0.3) is 0 Å². The maximum atomic E-state index is 10.7. The van der Waals surface area contributed by atoms with Crippen LogP contribution in [-0.2, 0) is 9.53 Å². The van der Waals surface area contributed by atoms with Crippen molar-refractivity contribution in [3.8, 4) is 6.07 Å². The first-order valence-corrected chi connectivity index (χ1v) is 4.27. The van der Waals surface area contributed by atoms with Crippen molar-refractivity contribution in [1.29, 1.82) is 5.26 Å². The van der Waals surface area contributed by atoms with E-state index in [0.717, 1.165) is 5.56 Å². The number of benzene rings is 1. The molecule has 0 aliphatic heterocycles. The molecule has 0 aliphatic carbocycles. The van der Waals surface area contributed by atoms with Crippen molar-refractivity contribution in [2.45, 2.75) is 20.0 Å². The molecule has 1 rings (SSSR count). The highest BCUT2D eigenvalue weighted by molar-refractivity contribution is 5.66. The van der Waals surface area contributed by atoms with Gasteiger partial charge in [-0.15, -0.1) is 0 Å². The van der Waals surface area contributed by atoms with Crippen LogP contribution in [0.25, 0.3) is 0 Å². The Kier molecular flexibility index (Phi) is 3.24. The number of esters is 1. The fourth-order valence-electron chi connectivity index (χ4n) is 1.17. The Hall–Kier alpha value is -1.82. The van der Waals surface area contributed by atoms with E-state index in [4.69, 9.17) is 10.00 Å². The van der Waals surface area contributed by atoms with Gasteiger partial charge in [0.2, 0.25) is 6.10 Å². The van der Waals surface area contributed by atoms with Gasteiger partial charge in [-0.3, -0.25) is 4.79 Å². The third-order valence-electron chi connectivity index (χ3n) is 1.75. The van der Waals surface area contributed by atoms with Crippen LogP contribution in [-0.4, -0.2) is 5.97 Å². The largest absolute Gasteiger partial charge is 0.442 e. The Balaban J connectivity index is 2.90. The van der Waals surface area contributed by atoms with E-state index < -0.39 is 12.1 Å². The van der Waals surface area contributed by atoms with E-state index in [1.807, 2.05) is 31.2 Å². The number of carbonyl (C=O) groups is 1. The third-order valence-corrected chi connectivity index (χ3v) is 1.75. The predicted molar refractivity (Wildman–Crippen MR) is 51.3 cm³/mol. The van der Waals surface area contributed by atoms with Gasteiger partial charge >= 0.3 is 5.97 Å². The highest BCUT2D eigenvalue weighted by Crippen LogP contribution is 2.17. The quantitative estimate of drug-likeness (QED) is 0.669. The van der Waals surface area contributed by atoms with Gasteiger partial charge < -0.3 is 4.74 Å². The zero-order valence-electron chi connectivity index (χ0n) is 8.15. The van der Waals surface area contributed by atoms with Gasteiger partial charge in [0.05, 0.1) is 0 Å². The summed E-state index contributed by atoms with van der Waals surface area (Å²) in [5.41, 5.74) is 1.75. The Morgan fingerprint density at radius 1 is 1.57 bits per heavy atom. The average Bonchev–Trinajstić information content (AvgIpc) is 2.14. The van der Waals surface area contributed by atoms with Gasteiger partial charge in [0, 0.05) is 12.5 Å². The van der Waals surface area contributed by atoms with E-state index in [2.05, 4.69) is 0 Å². The molecule has 0 saturated carbocycles. The molecule has 0 aromatic heterocycles. The molecule has 72 valence electrons. The number of nitriles is 1. The van der Waals surface area contributed by atoms with Crippen molar-refractivity contribution in [3.63, 3.8) is 0 Å². The molecule has 14 heavy (non-hydrogen) atoms. The van der Waals surface area contributed by atoms with Gasteiger partial charge in [0.15, 0.2) is 0 Å². The third kappa shape index (κ3) is 2.60. The summed E-state index contributed by atoms with van der Waals surface area (Å²) in [6, 6.07) is 9.29. The van der Waals surface area contributed by atoms with E-state index in [0.29, 0.717) is 5.56 Å². The number of hydrogen-bond donors (Lipinski definition) is 0. The van der Waals surface area contributed by atoms with Crippen molar-refractivity contribution in [2.24, 2.45) is 0 Å². The lowest BCUT2D eigenvalue weighted by atomic mass is 10.1. The van der Waals surface area contributed by atoms with E-state index in [1.165, 1.54) is 6.92 Å². The number of nitrogens with zero attached hydrogens (tertiary/aromatic N) is 1. The summed E-state index contributed by atoms with van der Waals surface area (Å²) < 4.78 is 4.84. The van der Waals surface area contributed by atoms with Gasteiger partial charge in [0.1, 0.15) is 6.07 Å². The summed E-state index contributed by atoms with van der Waals surface area (Å²) >= 11 is 0. The van der Waals surface area contributed by atoms with Gasteiger partial charge in [-0.25, -0.2) is 0 Å². The molecular formula is C11H11NO2. The van der Waals surface area contributed by atoms with Crippen molar-refractivity contribution in [1.82, 2.24) is 0 Å². The predicted octanol–water partition coefficient (Wildman–Crippen LogP) is 2.12. The minimum atomic E-state index is -0.799. The van der Waals surface area contributed by atoms with E-state index in [-0.39, 0.29) is 0 Å². The standard InChI is InChI=1S/C11H11NO2/c1-8-4-3-5-10(6-8)11(7-12)14-9(2)13/h3-6,11H,1-2H3/t11-/m1/s1. The summed E-state index contributed by atoms with van der Waals surface area (Å²) in [7, 11) is 0. The Bertz CT molecular complexity index is 379. The van der Waals surface area contributed by atoms with Crippen LogP contribution in [0.4, 0.5) is 0 Å². The molecule has 0 N–H and O–H groups in total. The second-order valence-corrected chi connectivity index (χ2v) is 3.03. The Morgan fingerprint density at radius 3 is 2.79 bits per heavy atom. The smallest absolute Gasteiger partial charge is 0.304 e. The van der Waals surface area contributed by atoms with Crippen LogP contribution in [0.1, 0.15) is 24.2 Å². The molecule has 0 saturated heterocycles. The molecule has 0 amide bonds. The number of hydrogen-bond acceptors (Lipinski definition) is 3. The molecule has 0 radical (unpaired) electrons.